The number of rotatable bonds is 1. The number of non-ortho nitro benzene ring substituents is 1. The zero-order valence-electron chi connectivity index (χ0n) is 7.06. The minimum absolute atomic E-state index is 0.0642. The minimum atomic E-state index is -0.427. The highest BCUT2D eigenvalue weighted by molar-refractivity contribution is 7.71. The van der Waals surface area contributed by atoms with Crippen LogP contribution in [0.3, 0.4) is 0 Å². The van der Waals surface area contributed by atoms with Crippen molar-refractivity contribution in [1.82, 2.24) is 4.98 Å². The number of nitro benzene ring substituents is 1. The van der Waals surface area contributed by atoms with Crippen molar-refractivity contribution in [3.63, 3.8) is 0 Å². The molecule has 14 heavy (non-hydrogen) atoms. The fraction of sp³-hybridized carbons (Fsp3) is 0. The molecule has 1 N–H and O–H groups in total. The van der Waals surface area contributed by atoms with Crippen molar-refractivity contribution >= 4 is 28.8 Å². The molecule has 2 aromatic rings. The molecule has 2 rings (SSSR count). The highest BCUT2D eigenvalue weighted by Gasteiger charge is 2.05. The molecule has 0 atom stereocenters. The van der Waals surface area contributed by atoms with Crippen LogP contribution < -0.4 is 0 Å². The second kappa shape index (κ2) is 3.19. The summed E-state index contributed by atoms with van der Waals surface area (Å²) < 4.78 is 0.689. The van der Waals surface area contributed by atoms with E-state index in [0.717, 1.165) is 5.39 Å². The van der Waals surface area contributed by atoms with Gasteiger partial charge in [0.1, 0.15) is 0 Å². The molecule has 4 nitrogen and oxygen atoms in total. The molecular formula is C9H6N2O2S. The SMILES string of the molecule is O=[N+]([O-])c1ccc2c(=S)cc[nH]c2c1. The van der Waals surface area contributed by atoms with Gasteiger partial charge in [0, 0.05) is 28.2 Å². The standard InChI is InChI=1S/C9H6N2O2S/c12-11(13)6-1-2-7-8(5-6)10-4-3-9(7)14/h1-5H,(H,10,14). The van der Waals surface area contributed by atoms with E-state index in [9.17, 15) is 10.1 Å². The van der Waals surface area contributed by atoms with Gasteiger partial charge in [0.2, 0.25) is 0 Å². The van der Waals surface area contributed by atoms with Crippen molar-refractivity contribution in [2.45, 2.75) is 0 Å². The van der Waals surface area contributed by atoms with Crippen molar-refractivity contribution in [2.75, 3.05) is 0 Å². The Bertz CT molecular complexity index is 562. The van der Waals surface area contributed by atoms with Crippen LogP contribution in [0.4, 0.5) is 5.69 Å². The first kappa shape index (κ1) is 8.83. The van der Waals surface area contributed by atoms with Crippen LogP contribution in [0.25, 0.3) is 10.9 Å². The van der Waals surface area contributed by atoms with Gasteiger partial charge in [-0.1, -0.05) is 12.2 Å². The fourth-order valence-electron chi connectivity index (χ4n) is 1.28. The molecular weight excluding hydrogens is 200 g/mol. The van der Waals surface area contributed by atoms with Gasteiger partial charge in [-0.2, -0.15) is 0 Å². The molecule has 70 valence electrons. The van der Waals surface area contributed by atoms with Crippen molar-refractivity contribution in [3.8, 4) is 0 Å². The normalized spacial score (nSPS) is 10.3. The van der Waals surface area contributed by atoms with E-state index in [2.05, 4.69) is 4.98 Å². The Morgan fingerprint density at radius 3 is 2.86 bits per heavy atom. The maximum Gasteiger partial charge on any atom is 0.271 e. The van der Waals surface area contributed by atoms with Crippen LogP contribution in [-0.2, 0) is 0 Å². The molecule has 5 heteroatoms. The molecule has 0 saturated carbocycles. The number of hydrogen-bond acceptors (Lipinski definition) is 3. The van der Waals surface area contributed by atoms with Gasteiger partial charge >= 0.3 is 0 Å². The largest absolute Gasteiger partial charge is 0.361 e. The molecule has 0 amide bonds. The van der Waals surface area contributed by atoms with Crippen molar-refractivity contribution in [1.29, 1.82) is 0 Å². The number of nitrogens with zero attached hydrogens (tertiary/aromatic N) is 1. The van der Waals surface area contributed by atoms with Crippen molar-refractivity contribution < 1.29 is 4.92 Å². The van der Waals surface area contributed by atoms with Crippen LogP contribution in [0, 0.1) is 14.6 Å². The molecule has 0 aliphatic heterocycles. The molecule has 0 fully saturated rings. The summed E-state index contributed by atoms with van der Waals surface area (Å²) in [5.74, 6) is 0. The van der Waals surface area contributed by atoms with Crippen molar-refractivity contribution in [3.05, 3.63) is 45.1 Å². The van der Waals surface area contributed by atoms with Gasteiger partial charge in [0.15, 0.2) is 0 Å². The number of nitrogens with one attached hydrogen (secondary N) is 1. The van der Waals surface area contributed by atoms with E-state index < -0.39 is 4.92 Å². The van der Waals surface area contributed by atoms with E-state index in [1.165, 1.54) is 12.1 Å². The average molecular weight is 206 g/mol. The number of pyridine rings is 1. The molecule has 0 aliphatic rings. The molecule has 1 aromatic heterocycles. The lowest BCUT2D eigenvalue weighted by atomic mass is 10.2. The molecule has 0 saturated heterocycles. The third-order valence-corrected chi connectivity index (χ3v) is 2.31. The van der Waals surface area contributed by atoms with Gasteiger partial charge in [0.25, 0.3) is 5.69 Å². The minimum Gasteiger partial charge on any atom is -0.361 e. The molecule has 0 spiro atoms. The zero-order valence-corrected chi connectivity index (χ0v) is 7.88. The van der Waals surface area contributed by atoms with E-state index >= 15 is 0 Å². The smallest absolute Gasteiger partial charge is 0.271 e. The Hall–Kier alpha value is -1.75. The summed E-state index contributed by atoms with van der Waals surface area (Å²) in [5.41, 5.74) is 0.751. The van der Waals surface area contributed by atoms with E-state index in [-0.39, 0.29) is 5.69 Å². The summed E-state index contributed by atoms with van der Waals surface area (Å²) in [4.78, 5) is 13.0. The zero-order chi connectivity index (χ0) is 10.1. The third kappa shape index (κ3) is 1.38. The lowest BCUT2D eigenvalue weighted by Gasteiger charge is -1.97. The summed E-state index contributed by atoms with van der Waals surface area (Å²) in [6.45, 7) is 0. The monoisotopic (exact) mass is 206 g/mol. The number of aromatic amines is 1. The topological polar surface area (TPSA) is 58.9 Å². The molecule has 0 bridgehead atoms. The van der Waals surface area contributed by atoms with Gasteiger partial charge in [-0.3, -0.25) is 10.1 Å². The van der Waals surface area contributed by atoms with Crippen LogP contribution >= 0.6 is 12.2 Å². The Labute approximate surface area is 84.3 Å². The average Bonchev–Trinajstić information content (AvgIpc) is 2.17. The second-order valence-corrected chi connectivity index (χ2v) is 3.27. The predicted molar refractivity (Wildman–Crippen MR) is 55.8 cm³/mol. The highest BCUT2D eigenvalue weighted by Crippen LogP contribution is 2.19. The lowest BCUT2D eigenvalue weighted by Crippen LogP contribution is -1.88. The Kier molecular flexibility index (Phi) is 2.01. The predicted octanol–water partition coefficient (Wildman–Crippen LogP) is 2.81. The highest BCUT2D eigenvalue weighted by atomic mass is 32.1. The lowest BCUT2D eigenvalue weighted by molar-refractivity contribution is -0.384. The van der Waals surface area contributed by atoms with Crippen LogP contribution in [0.1, 0.15) is 0 Å². The number of nitro groups is 1. The Balaban J connectivity index is 2.80. The van der Waals surface area contributed by atoms with E-state index in [1.54, 1.807) is 18.3 Å². The Morgan fingerprint density at radius 2 is 2.14 bits per heavy atom. The van der Waals surface area contributed by atoms with Crippen LogP contribution in [0.2, 0.25) is 0 Å². The second-order valence-electron chi connectivity index (χ2n) is 2.83. The molecule has 0 aliphatic carbocycles. The summed E-state index contributed by atoms with van der Waals surface area (Å²) in [7, 11) is 0. The van der Waals surface area contributed by atoms with Gasteiger partial charge in [-0.25, -0.2) is 0 Å². The molecule has 0 unspecified atom stereocenters. The van der Waals surface area contributed by atoms with Crippen LogP contribution in [0.5, 0.6) is 0 Å². The van der Waals surface area contributed by atoms with E-state index in [0.29, 0.717) is 10.0 Å². The number of aromatic nitrogens is 1. The molecule has 0 radical (unpaired) electrons. The number of hydrogen-bond donors (Lipinski definition) is 1. The van der Waals surface area contributed by atoms with Crippen LogP contribution in [0.15, 0.2) is 30.5 Å². The quantitative estimate of drug-likeness (QED) is 0.443. The summed E-state index contributed by atoms with van der Waals surface area (Å²) in [6.07, 6.45) is 1.67. The number of benzene rings is 1. The van der Waals surface area contributed by atoms with Gasteiger partial charge in [-0.15, -0.1) is 0 Å². The number of H-pyrrole nitrogens is 1. The first-order chi connectivity index (χ1) is 6.68. The Morgan fingerprint density at radius 1 is 1.36 bits per heavy atom. The molecule has 1 aromatic carbocycles. The first-order valence-electron chi connectivity index (χ1n) is 3.94. The fourth-order valence-corrected chi connectivity index (χ4v) is 1.52. The van der Waals surface area contributed by atoms with Gasteiger partial charge in [-0.05, 0) is 12.1 Å². The molecule has 1 heterocycles. The van der Waals surface area contributed by atoms with E-state index in [1.807, 2.05) is 0 Å². The third-order valence-electron chi connectivity index (χ3n) is 1.95. The number of fused-ring (bicyclic) bond motifs is 1. The first-order valence-corrected chi connectivity index (χ1v) is 4.35. The van der Waals surface area contributed by atoms with Gasteiger partial charge < -0.3 is 4.98 Å². The maximum absolute atomic E-state index is 10.5. The summed E-state index contributed by atoms with van der Waals surface area (Å²) in [6, 6.07) is 6.34. The van der Waals surface area contributed by atoms with E-state index in [4.69, 9.17) is 12.2 Å². The van der Waals surface area contributed by atoms with Gasteiger partial charge in [0.05, 0.1) is 10.4 Å². The maximum atomic E-state index is 10.5. The summed E-state index contributed by atoms with van der Waals surface area (Å²) in [5, 5.41) is 11.3. The van der Waals surface area contributed by atoms with Crippen molar-refractivity contribution in [2.24, 2.45) is 0 Å². The summed E-state index contributed by atoms with van der Waals surface area (Å²) >= 11 is 5.07. The van der Waals surface area contributed by atoms with Crippen LogP contribution in [-0.4, -0.2) is 9.91 Å².